The molecule has 0 fully saturated rings. The van der Waals surface area contributed by atoms with Crippen LogP contribution in [0.3, 0.4) is 0 Å². The number of amides is 1. The number of anilines is 1. The van der Waals surface area contributed by atoms with Crippen LogP contribution in [0.4, 0.5) is 18.9 Å². The second-order valence-corrected chi connectivity index (χ2v) is 4.76. The highest BCUT2D eigenvalue weighted by Crippen LogP contribution is 2.36. The lowest BCUT2D eigenvalue weighted by Crippen LogP contribution is -2.36. The summed E-state index contributed by atoms with van der Waals surface area (Å²) < 4.78 is 39.3. The van der Waals surface area contributed by atoms with Gasteiger partial charge in [-0.1, -0.05) is 13.0 Å². The second kappa shape index (κ2) is 7.31. The zero-order valence-electron chi connectivity index (χ0n) is 12.1. The summed E-state index contributed by atoms with van der Waals surface area (Å²) in [6.45, 7) is 2.30. The van der Waals surface area contributed by atoms with E-state index in [0.29, 0.717) is 12.1 Å². The van der Waals surface area contributed by atoms with E-state index in [2.05, 4.69) is 5.32 Å². The number of halogens is 3. The molecule has 0 saturated heterocycles. The number of hydrogen-bond donors (Lipinski definition) is 2. The molecular formula is C14H20F3N3O. The van der Waals surface area contributed by atoms with Crippen molar-refractivity contribution in [2.75, 3.05) is 25.0 Å². The van der Waals surface area contributed by atoms with E-state index in [4.69, 9.17) is 5.73 Å². The number of alkyl halides is 3. The largest absolute Gasteiger partial charge is 0.418 e. The summed E-state index contributed by atoms with van der Waals surface area (Å²) in [5.41, 5.74) is 4.96. The quantitative estimate of drug-likeness (QED) is 0.846. The van der Waals surface area contributed by atoms with E-state index >= 15 is 0 Å². The maximum absolute atomic E-state index is 13.1. The van der Waals surface area contributed by atoms with E-state index in [1.165, 1.54) is 24.1 Å². The van der Waals surface area contributed by atoms with Crippen LogP contribution < -0.4 is 16.0 Å². The molecule has 1 aromatic carbocycles. The van der Waals surface area contributed by atoms with E-state index in [-0.39, 0.29) is 24.7 Å². The van der Waals surface area contributed by atoms with Crippen molar-refractivity contribution in [1.82, 2.24) is 5.32 Å². The highest BCUT2D eigenvalue weighted by atomic mass is 19.4. The third kappa shape index (κ3) is 4.93. The predicted octanol–water partition coefficient (Wildman–Crippen LogP) is 2.13. The molecule has 1 aromatic rings. The van der Waals surface area contributed by atoms with Gasteiger partial charge in [0.25, 0.3) is 0 Å². The smallest absolute Gasteiger partial charge is 0.365 e. The molecule has 0 spiro atoms. The maximum atomic E-state index is 13.1. The summed E-state index contributed by atoms with van der Waals surface area (Å²) in [7, 11) is 1.46. The van der Waals surface area contributed by atoms with Gasteiger partial charge in [0.05, 0.1) is 12.1 Å². The zero-order valence-corrected chi connectivity index (χ0v) is 12.1. The number of benzene rings is 1. The molecule has 0 aliphatic rings. The summed E-state index contributed by atoms with van der Waals surface area (Å²) in [5.74, 6) is -0.310. The predicted molar refractivity (Wildman–Crippen MR) is 75.9 cm³/mol. The topological polar surface area (TPSA) is 58.4 Å². The summed E-state index contributed by atoms with van der Waals surface area (Å²) in [4.78, 5) is 12.9. The Bertz CT molecular complexity index is 489. The van der Waals surface area contributed by atoms with Crippen LogP contribution in [0.1, 0.15) is 24.5 Å². The minimum Gasteiger partial charge on any atom is -0.365 e. The van der Waals surface area contributed by atoms with Crippen molar-refractivity contribution < 1.29 is 18.0 Å². The van der Waals surface area contributed by atoms with Crippen LogP contribution in [0, 0.1) is 0 Å². The van der Waals surface area contributed by atoms with Gasteiger partial charge in [0.1, 0.15) is 0 Å². The fourth-order valence-electron chi connectivity index (χ4n) is 1.89. The number of hydrogen-bond acceptors (Lipinski definition) is 3. The van der Waals surface area contributed by atoms with Crippen LogP contribution in [0.2, 0.25) is 0 Å². The number of likely N-dealkylation sites (N-methyl/N-ethyl adjacent to an activating group) is 1. The molecule has 0 unspecified atom stereocenters. The normalized spacial score (nSPS) is 11.3. The van der Waals surface area contributed by atoms with Crippen LogP contribution >= 0.6 is 0 Å². The molecule has 0 radical (unpaired) electrons. The first kappa shape index (κ1) is 17.3. The van der Waals surface area contributed by atoms with Gasteiger partial charge in [0.15, 0.2) is 0 Å². The molecule has 1 rings (SSSR count). The van der Waals surface area contributed by atoms with E-state index < -0.39 is 11.7 Å². The Balaban J connectivity index is 2.98. The summed E-state index contributed by atoms with van der Waals surface area (Å²) in [6, 6.07) is 3.90. The number of rotatable bonds is 6. The second-order valence-electron chi connectivity index (χ2n) is 4.76. The van der Waals surface area contributed by atoms with Crippen molar-refractivity contribution in [3.8, 4) is 0 Å². The molecule has 0 aliphatic carbocycles. The Kier molecular flexibility index (Phi) is 6.02. The van der Waals surface area contributed by atoms with Gasteiger partial charge in [0.2, 0.25) is 5.91 Å². The molecule has 1 amide bonds. The molecule has 0 aromatic heterocycles. The van der Waals surface area contributed by atoms with Gasteiger partial charge in [-0.3, -0.25) is 4.79 Å². The van der Waals surface area contributed by atoms with E-state index in [1.807, 2.05) is 6.92 Å². The highest BCUT2D eigenvalue weighted by molar-refractivity contribution is 5.81. The molecule has 0 saturated carbocycles. The minimum atomic E-state index is -4.49. The van der Waals surface area contributed by atoms with E-state index in [9.17, 15) is 18.0 Å². The molecule has 0 bridgehead atoms. The van der Waals surface area contributed by atoms with E-state index in [0.717, 1.165) is 12.5 Å². The monoisotopic (exact) mass is 303 g/mol. The summed E-state index contributed by atoms with van der Waals surface area (Å²) in [5, 5.41) is 2.63. The Labute approximate surface area is 122 Å². The lowest BCUT2D eigenvalue weighted by atomic mass is 10.1. The Morgan fingerprint density at radius 1 is 1.38 bits per heavy atom. The van der Waals surface area contributed by atoms with Crippen LogP contribution in [0.15, 0.2) is 18.2 Å². The van der Waals surface area contributed by atoms with Crippen molar-refractivity contribution >= 4 is 11.6 Å². The molecule has 0 atom stereocenters. The van der Waals surface area contributed by atoms with Crippen LogP contribution in [0.25, 0.3) is 0 Å². The minimum absolute atomic E-state index is 0.0318. The number of carbonyl (C=O) groups excluding carboxylic acids is 1. The number of nitrogens with two attached hydrogens (primary N) is 1. The average molecular weight is 303 g/mol. The summed E-state index contributed by atoms with van der Waals surface area (Å²) >= 11 is 0. The fraction of sp³-hybridized carbons (Fsp3) is 0.500. The zero-order chi connectivity index (χ0) is 16.0. The van der Waals surface area contributed by atoms with Gasteiger partial charge in [-0.2, -0.15) is 13.2 Å². The third-order valence-electron chi connectivity index (χ3n) is 2.97. The lowest BCUT2D eigenvalue weighted by Gasteiger charge is -2.23. The van der Waals surface area contributed by atoms with E-state index in [1.54, 1.807) is 0 Å². The first-order valence-electron chi connectivity index (χ1n) is 6.67. The molecule has 118 valence electrons. The molecular weight excluding hydrogens is 283 g/mol. The van der Waals surface area contributed by atoms with Gasteiger partial charge in [-0.25, -0.2) is 0 Å². The maximum Gasteiger partial charge on any atom is 0.418 e. The first-order chi connectivity index (χ1) is 9.79. The number of nitrogens with one attached hydrogen (secondary N) is 1. The van der Waals surface area contributed by atoms with Gasteiger partial charge in [-0.15, -0.1) is 0 Å². The van der Waals surface area contributed by atoms with Crippen molar-refractivity contribution in [3.63, 3.8) is 0 Å². The number of carbonyl (C=O) groups is 1. The van der Waals surface area contributed by atoms with Gasteiger partial charge in [0, 0.05) is 25.8 Å². The third-order valence-corrected chi connectivity index (χ3v) is 2.97. The Morgan fingerprint density at radius 2 is 2.05 bits per heavy atom. The average Bonchev–Trinajstić information content (AvgIpc) is 2.43. The lowest BCUT2D eigenvalue weighted by molar-refractivity contribution is -0.137. The molecule has 0 aliphatic heterocycles. The molecule has 4 nitrogen and oxygen atoms in total. The summed E-state index contributed by atoms with van der Waals surface area (Å²) in [6.07, 6.45) is -3.72. The number of nitrogens with zero attached hydrogens (tertiary/aromatic N) is 1. The van der Waals surface area contributed by atoms with Gasteiger partial charge < -0.3 is 16.0 Å². The van der Waals surface area contributed by atoms with Crippen LogP contribution in [0.5, 0.6) is 0 Å². The van der Waals surface area contributed by atoms with Gasteiger partial charge in [-0.05, 0) is 24.1 Å². The SMILES string of the molecule is CCCNC(=O)CN(C)c1ccc(CN)cc1C(F)(F)F. The van der Waals surface area contributed by atoms with Crippen LogP contribution in [-0.2, 0) is 17.5 Å². The molecule has 21 heavy (non-hydrogen) atoms. The molecule has 7 heteroatoms. The van der Waals surface area contributed by atoms with Crippen molar-refractivity contribution in [2.24, 2.45) is 5.73 Å². The first-order valence-corrected chi connectivity index (χ1v) is 6.67. The fourth-order valence-corrected chi connectivity index (χ4v) is 1.89. The molecule has 3 N–H and O–H groups in total. The highest BCUT2D eigenvalue weighted by Gasteiger charge is 2.34. The Morgan fingerprint density at radius 3 is 2.57 bits per heavy atom. The standard InChI is InChI=1S/C14H20F3N3O/c1-3-6-19-13(21)9-20(2)12-5-4-10(8-18)7-11(12)14(15,16)17/h4-5,7H,3,6,8-9,18H2,1-2H3,(H,19,21). The van der Waals surface area contributed by atoms with Crippen molar-refractivity contribution in [2.45, 2.75) is 26.1 Å². The van der Waals surface area contributed by atoms with Crippen molar-refractivity contribution in [3.05, 3.63) is 29.3 Å². The van der Waals surface area contributed by atoms with Gasteiger partial charge >= 0.3 is 6.18 Å². The van der Waals surface area contributed by atoms with Crippen molar-refractivity contribution in [1.29, 1.82) is 0 Å². The molecule has 0 heterocycles. The van der Waals surface area contributed by atoms with Crippen LogP contribution in [-0.4, -0.2) is 26.0 Å². The Hall–Kier alpha value is -1.76.